The van der Waals surface area contributed by atoms with Gasteiger partial charge in [-0.05, 0) is 25.0 Å². The smallest absolute Gasteiger partial charge is 0.133 e. The minimum absolute atomic E-state index is 0. The van der Waals surface area contributed by atoms with Crippen LogP contribution in [-0.2, 0) is 19.5 Å². The van der Waals surface area contributed by atoms with Gasteiger partial charge in [0, 0.05) is 32.6 Å². The molecule has 0 fully saturated rings. The zero-order chi connectivity index (χ0) is 15.5. The van der Waals surface area contributed by atoms with Crippen LogP contribution in [0.2, 0.25) is 0 Å². The van der Waals surface area contributed by atoms with Crippen LogP contribution in [0.25, 0.3) is 10.2 Å². The number of unbranched alkanes of at least 4 members (excludes halogenated alkanes) is 2. The van der Waals surface area contributed by atoms with Crippen LogP contribution < -0.4 is 0 Å². The Kier molecular flexibility index (Phi) is 13.4. The molecule has 0 radical (unpaired) electrons. The molecule has 0 spiro atoms. The number of thiol groups is 1. The molecule has 0 saturated carbocycles. The Labute approximate surface area is 161 Å². The van der Waals surface area contributed by atoms with Gasteiger partial charge in [-0.3, -0.25) is 0 Å². The van der Waals surface area contributed by atoms with Crippen molar-refractivity contribution in [1.82, 2.24) is 9.88 Å². The van der Waals surface area contributed by atoms with Crippen LogP contribution in [0.5, 0.6) is 0 Å². The zero-order valence-corrected chi connectivity index (χ0v) is 19.0. The second-order valence-electron chi connectivity index (χ2n) is 4.80. The number of thiazole rings is 1. The van der Waals surface area contributed by atoms with E-state index in [2.05, 4.69) is 42.4 Å². The summed E-state index contributed by atoms with van der Waals surface area (Å²) >= 11 is 10.9. The number of hydrogen-bond acceptors (Lipinski definition) is 3. The van der Waals surface area contributed by atoms with Gasteiger partial charge in [0.1, 0.15) is 4.32 Å². The van der Waals surface area contributed by atoms with Crippen LogP contribution in [0.3, 0.4) is 0 Å². The first-order valence-electron chi connectivity index (χ1n) is 7.45. The van der Waals surface area contributed by atoms with Crippen molar-refractivity contribution in [2.45, 2.75) is 39.5 Å². The Hall–Kier alpha value is -0.0266. The van der Waals surface area contributed by atoms with Gasteiger partial charge in [-0.15, -0.1) is 24.0 Å². The topological polar surface area (TPSA) is 16.1 Å². The van der Waals surface area contributed by atoms with Gasteiger partial charge in [0.2, 0.25) is 0 Å². The number of fused-ring (bicyclic) bond motifs is 1. The van der Waals surface area contributed by atoms with Crippen molar-refractivity contribution >= 4 is 50.7 Å². The second kappa shape index (κ2) is 13.4. The maximum atomic E-state index is 5.03. The molecule has 6 heteroatoms. The summed E-state index contributed by atoms with van der Waals surface area (Å²) in [6, 6.07) is 8.13. The maximum Gasteiger partial charge on any atom is 0.133 e. The van der Waals surface area contributed by atoms with Gasteiger partial charge >= 0.3 is 0 Å². The summed E-state index contributed by atoms with van der Waals surface area (Å²) < 4.78 is 2.01. The summed E-state index contributed by atoms with van der Waals surface area (Å²) in [4.78, 5) is 6.32. The van der Waals surface area contributed by atoms with Gasteiger partial charge in [-0.1, -0.05) is 51.0 Å². The molecule has 2 aromatic rings. The third-order valence-corrected chi connectivity index (χ3v) is 4.42. The molecule has 1 heterocycles. The number of nitrogens with zero attached hydrogens (tertiary/aromatic N) is 2. The van der Waals surface area contributed by atoms with Gasteiger partial charge in [-0.2, -0.15) is 0 Å². The standard InChI is InChI=1S/C9H19NS2.C7H5NS.Zn/c1-3-5-7-10(9(11)12)8-6-4-2;1-2-4-7-6(3-1)8-5-9-7;/h3-8H2,1-2H3,(H,11,12);1-5H;. The molecule has 0 aliphatic rings. The fourth-order valence-electron chi connectivity index (χ4n) is 1.80. The summed E-state index contributed by atoms with van der Waals surface area (Å²) in [6.07, 6.45) is 4.87. The molecule has 0 unspecified atom stereocenters. The minimum atomic E-state index is 0. The molecule has 0 N–H and O–H groups in total. The Morgan fingerprint density at radius 1 is 1.18 bits per heavy atom. The zero-order valence-electron chi connectivity index (χ0n) is 13.5. The van der Waals surface area contributed by atoms with E-state index in [1.807, 2.05) is 23.7 Å². The third kappa shape index (κ3) is 8.57. The SMILES string of the molecule is CCCCN(CCCC)C(=S)S.[Zn].c1ccc2scnc2c1. The predicted molar refractivity (Wildman–Crippen MR) is 103 cm³/mol. The van der Waals surface area contributed by atoms with Crippen molar-refractivity contribution in [3.63, 3.8) is 0 Å². The van der Waals surface area contributed by atoms with E-state index in [0.717, 1.165) is 22.9 Å². The van der Waals surface area contributed by atoms with Crippen molar-refractivity contribution in [1.29, 1.82) is 0 Å². The van der Waals surface area contributed by atoms with Gasteiger partial charge in [0.15, 0.2) is 0 Å². The fourth-order valence-corrected chi connectivity index (χ4v) is 2.87. The molecular formula is C16H24N2S3Zn. The quantitative estimate of drug-likeness (QED) is 0.394. The molecule has 0 saturated heterocycles. The molecule has 0 bridgehead atoms. The largest absolute Gasteiger partial charge is 0.358 e. The normalized spacial score (nSPS) is 9.59. The molecule has 0 aliphatic carbocycles. The van der Waals surface area contributed by atoms with Crippen molar-refractivity contribution < 1.29 is 19.5 Å². The Morgan fingerprint density at radius 2 is 1.77 bits per heavy atom. The first kappa shape index (κ1) is 22.0. The monoisotopic (exact) mass is 404 g/mol. The van der Waals surface area contributed by atoms with E-state index in [1.54, 1.807) is 11.3 Å². The van der Waals surface area contributed by atoms with Crippen LogP contribution in [0, 0.1) is 0 Å². The van der Waals surface area contributed by atoms with Crippen molar-refractivity contribution in [3.05, 3.63) is 29.8 Å². The molecule has 0 aliphatic heterocycles. The summed E-state index contributed by atoms with van der Waals surface area (Å²) in [5.41, 5.74) is 2.97. The van der Waals surface area contributed by atoms with E-state index < -0.39 is 0 Å². The molecular weight excluding hydrogens is 382 g/mol. The third-order valence-electron chi connectivity index (χ3n) is 3.07. The van der Waals surface area contributed by atoms with E-state index in [4.69, 9.17) is 12.2 Å². The number of benzene rings is 1. The molecule has 22 heavy (non-hydrogen) atoms. The van der Waals surface area contributed by atoms with E-state index in [9.17, 15) is 0 Å². The predicted octanol–water partition coefficient (Wildman–Crippen LogP) is 5.40. The average Bonchev–Trinajstić information content (AvgIpc) is 2.96. The van der Waals surface area contributed by atoms with E-state index >= 15 is 0 Å². The number of thiocarbonyl (C=S) groups is 1. The maximum absolute atomic E-state index is 5.03. The molecule has 1 aromatic heterocycles. The van der Waals surface area contributed by atoms with Gasteiger partial charge in [0.05, 0.1) is 15.7 Å². The van der Waals surface area contributed by atoms with Gasteiger partial charge < -0.3 is 4.90 Å². The van der Waals surface area contributed by atoms with Gasteiger partial charge in [-0.25, -0.2) is 4.98 Å². The van der Waals surface area contributed by atoms with Crippen LogP contribution in [0.4, 0.5) is 0 Å². The van der Waals surface area contributed by atoms with Crippen molar-refractivity contribution in [3.8, 4) is 0 Å². The molecule has 0 atom stereocenters. The Morgan fingerprint density at radius 3 is 2.27 bits per heavy atom. The molecule has 1 aromatic carbocycles. The van der Waals surface area contributed by atoms with E-state index in [1.165, 1.54) is 30.4 Å². The molecule has 0 amide bonds. The van der Waals surface area contributed by atoms with Crippen LogP contribution in [-0.4, -0.2) is 27.3 Å². The minimum Gasteiger partial charge on any atom is -0.358 e. The van der Waals surface area contributed by atoms with Gasteiger partial charge in [0.25, 0.3) is 0 Å². The summed E-state index contributed by atoms with van der Waals surface area (Å²) in [6.45, 7) is 6.52. The molecule has 118 valence electrons. The summed E-state index contributed by atoms with van der Waals surface area (Å²) in [5.74, 6) is 0. The summed E-state index contributed by atoms with van der Waals surface area (Å²) in [5, 5.41) is 0. The van der Waals surface area contributed by atoms with E-state index in [0.29, 0.717) is 0 Å². The van der Waals surface area contributed by atoms with Crippen LogP contribution >= 0.6 is 36.2 Å². The number of hydrogen-bond donors (Lipinski definition) is 1. The van der Waals surface area contributed by atoms with Crippen molar-refractivity contribution in [2.75, 3.05) is 13.1 Å². The number of para-hydroxylation sites is 1. The molecule has 2 rings (SSSR count). The first-order valence-corrected chi connectivity index (χ1v) is 9.18. The summed E-state index contributed by atoms with van der Waals surface area (Å²) in [7, 11) is 0. The molecule has 2 nitrogen and oxygen atoms in total. The van der Waals surface area contributed by atoms with Crippen LogP contribution in [0.1, 0.15) is 39.5 Å². The van der Waals surface area contributed by atoms with Crippen LogP contribution in [0.15, 0.2) is 29.8 Å². The number of aromatic nitrogens is 1. The Bertz CT molecular complexity index is 493. The number of rotatable bonds is 6. The second-order valence-corrected chi connectivity index (χ2v) is 6.80. The first-order chi connectivity index (χ1) is 10.2. The average molecular weight is 406 g/mol. The fraction of sp³-hybridized carbons (Fsp3) is 0.500. The van der Waals surface area contributed by atoms with Crippen molar-refractivity contribution in [2.24, 2.45) is 0 Å². The Balaban J connectivity index is 0.000000393. The van der Waals surface area contributed by atoms with E-state index in [-0.39, 0.29) is 19.5 Å².